The molecule has 0 aromatic heterocycles. The van der Waals surface area contributed by atoms with Crippen LogP contribution in [0.4, 0.5) is 0 Å². The fourth-order valence-corrected chi connectivity index (χ4v) is 1.37. The Balaban J connectivity index is 4.22. The van der Waals surface area contributed by atoms with Gasteiger partial charge in [0, 0.05) is 6.42 Å². The van der Waals surface area contributed by atoms with Crippen molar-refractivity contribution < 1.29 is 4.74 Å². The van der Waals surface area contributed by atoms with Gasteiger partial charge in [-0.25, -0.2) is 0 Å². The molecule has 0 aliphatic rings. The highest BCUT2D eigenvalue weighted by Crippen LogP contribution is 2.13. The van der Waals surface area contributed by atoms with Gasteiger partial charge in [-0.1, -0.05) is 38.3 Å². The Morgan fingerprint density at radius 1 is 1.25 bits per heavy atom. The lowest BCUT2D eigenvalue weighted by atomic mass is 10.1. The molecule has 0 saturated carbocycles. The highest BCUT2D eigenvalue weighted by atomic mass is 16.5. The predicted molar refractivity (Wildman–Crippen MR) is 71.9 cm³/mol. The molecule has 92 valence electrons. The third-order valence-electron chi connectivity index (χ3n) is 2.31. The molecule has 0 aliphatic heterocycles. The summed E-state index contributed by atoms with van der Waals surface area (Å²) in [6, 6.07) is 0. The van der Waals surface area contributed by atoms with Crippen LogP contribution in [0.25, 0.3) is 0 Å². The van der Waals surface area contributed by atoms with Crippen molar-refractivity contribution in [2.24, 2.45) is 0 Å². The number of allylic oxidation sites excluding steroid dienone is 4. The largest absolute Gasteiger partial charge is 0.498 e. The average molecular weight is 222 g/mol. The Kier molecular flexibility index (Phi) is 10.3. The molecule has 0 atom stereocenters. The highest BCUT2D eigenvalue weighted by molar-refractivity contribution is 5.19. The quantitative estimate of drug-likeness (QED) is 0.307. The molecule has 0 aliphatic carbocycles. The number of unbranched alkanes of at least 4 members (excludes halogenated alkanes) is 2. The Labute approximate surface area is 102 Å². The molecule has 0 amide bonds. The minimum atomic E-state index is 0.830. The highest BCUT2D eigenvalue weighted by Gasteiger charge is 1.98. The van der Waals surface area contributed by atoms with Crippen molar-refractivity contribution in [2.45, 2.75) is 52.4 Å². The van der Waals surface area contributed by atoms with Crippen LogP contribution in [-0.4, -0.2) is 6.61 Å². The third kappa shape index (κ3) is 8.58. The van der Waals surface area contributed by atoms with E-state index < -0.39 is 0 Å². The molecule has 16 heavy (non-hydrogen) atoms. The van der Waals surface area contributed by atoms with Crippen LogP contribution in [0.2, 0.25) is 0 Å². The van der Waals surface area contributed by atoms with Crippen molar-refractivity contribution in [3.05, 3.63) is 37.3 Å². The lowest BCUT2D eigenvalue weighted by Crippen LogP contribution is -1.96. The lowest BCUT2D eigenvalue weighted by molar-refractivity contribution is 0.196. The van der Waals surface area contributed by atoms with E-state index in [1.807, 2.05) is 0 Å². The standard InChI is InChI=1S/C15H26O/c1-5-8-11-15(16-12-9-6-2)13-14(4)10-7-3/h10,13H,1,3,5-9,11-12H2,2,4H3/b14-10+,15-13-. The minimum Gasteiger partial charge on any atom is -0.498 e. The van der Waals surface area contributed by atoms with Crippen molar-refractivity contribution in [1.29, 1.82) is 0 Å². The zero-order valence-electron chi connectivity index (χ0n) is 10.9. The molecule has 0 fully saturated rings. The van der Waals surface area contributed by atoms with Crippen molar-refractivity contribution in [3.8, 4) is 0 Å². The van der Waals surface area contributed by atoms with Crippen molar-refractivity contribution >= 4 is 0 Å². The lowest BCUT2D eigenvalue weighted by Gasteiger charge is -2.10. The maximum atomic E-state index is 5.77. The summed E-state index contributed by atoms with van der Waals surface area (Å²) in [5, 5.41) is 0. The summed E-state index contributed by atoms with van der Waals surface area (Å²) in [6.07, 6.45) is 10.4. The molecule has 0 aromatic carbocycles. The van der Waals surface area contributed by atoms with E-state index in [1.54, 1.807) is 0 Å². The molecule has 0 heterocycles. The van der Waals surface area contributed by atoms with Crippen molar-refractivity contribution in [1.82, 2.24) is 0 Å². The van der Waals surface area contributed by atoms with Gasteiger partial charge in [-0.2, -0.15) is 0 Å². The van der Waals surface area contributed by atoms with Crippen LogP contribution in [0.1, 0.15) is 52.4 Å². The molecule has 0 spiro atoms. The molecule has 1 heteroatoms. The molecular formula is C15H26O. The first kappa shape index (κ1) is 15.3. The molecule has 0 rings (SSSR count). The van der Waals surface area contributed by atoms with E-state index in [4.69, 9.17) is 4.74 Å². The molecule has 0 saturated heterocycles. The van der Waals surface area contributed by atoms with Crippen molar-refractivity contribution in [3.63, 3.8) is 0 Å². The van der Waals surface area contributed by atoms with Gasteiger partial charge in [-0.3, -0.25) is 0 Å². The maximum Gasteiger partial charge on any atom is 0.0962 e. The van der Waals surface area contributed by atoms with Gasteiger partial charge in [0.25, 0.3) is 0 Å². The maximum absolute atomic E-state index is 5.77. The molecule has 0 aromatic rings. The van der Waals surface area contributed by atoms with Crippen LogP contribution in [-0.2, 0) is 4.74 Å². The smallest absolute Gasteiger partial charge is 0.0962 e. The molecule has 2 radical (unpaired) electrons. The van der Waals surface area contributed by atoms with Gasteiger partial charge in [0.15, 0.2) is 0 Å². The molecule has 1 nitrogen and oxygen atoms in total. The summed E-state index contributed by atoms with van der Waals surface area (Å²) in [6.45, 7) is 12.8. The van der Waals surface area contributed by atoms with Crippen LogP contribution < -0.4 is 0 Å². The number of hydrogen-bond donors (Lipinski definition) is 0. The predicted octanol–water partition coefficient (Wildman–Crippen LogP) is 4.86. The third-order valence-corrected chi connectivity index (χ3v) is 2.31. The van der Waals surface area contributed by atoms with E-state index in [9.17, 15) is 0 Å². The zero-order chi connectivity index (χ0) is 12.2. The van der Waals surface area contributed by atoms with Gasteiger partial charge in [0.05, 0.1) is 12.4 Å². The van der Waals surface area contributed by atoms with E-state index in [-0.39, 0.29) is 0 Å². The van der Waals surface area contributed by atoms with Crippen LogP contribution >= 0.6 is 0 Å². The summed E-state index contributed by atoms with van der Waals surface area (Å²) in [7, 11) is 0. The van der Waals surface area contributed by atoms with E-state index >= 15 is 0 Å². The summed E-state index contributed by atoms with van der Waals surface area (Å²) in [5.74, 6) is 1.10. The van der Waals surface area contributed by atoms with Gasteiger partial charge < -0.3 is 4.74 Å². The van der Waals surface area contributed by atoms with E-state index in [2.05, 4.69) is 39.8 Å². The fraction of sp³-hybridized carbons (Fsp3) is 0.600. The van der Waals surface area contributed by atoms with Crippen molar-refractivity contribution in [2.75, 3.05) is 6.61 Å². The topological polar surface area (TPSA) is 9.23 Å². The Hall–Kier alpha value is -0.720. The molecule has 0 unspecified atom stereocenters. The monoisotopic (exact) mass is 222 g/mol. The first-order valence-electron chi connectivity index (χ1n) is 6.33. The fourth-order valence-electron chi connectivity index (χ4n) is 1.37. The summed E-state index contributed by atoms with van der Waals surface area (Å²) < 4.78 is 5.77. The molecule has 0 bridgehead atoms. The van der Waals surface area contributed by atoms with Gasteiger partial charge in [-0.15, -0.1) is 0 Å². The summed E-state index contributed by atoms with van der Waals surface area (Å²) >= 11 is 0. The second-order valence-electron chi connectivity index (χ2n) is 4.01. The Morgan fingerprint density at radius 3 is 2.56 bits per heavy atom. The van der Waals surface area contributed by atoms with Crippen LogP contribution in [0.15, 0.2) is 23.5 Å². The minimum absolute atomic E-state index is 0.830. The van der Waals surface area contributed by atoms with Gasteiger partial charge in [0.2, 0.25) is 0 Å². The van der Waals surface area contributed by atoms with Crippen LogP contribution in [0.5, 0.6) is 0 Å². The van der Waals surface area contributed by atoms with Gasteiger partial charge in [-0.05, 0) is 39.2 Å². The number of hydrogen-bond acceptors (Lipinski definition) is 1. The Bertz CT molecular complexity index is 213. The average Bonchev–Trinajstić information content (AvgIpc) is 2.26. The van der Waals surface area contributed by atoms with E-state index in [0.717, 1.165) is 44.5 Å². The zero-order valence-corrected chi connectivity index (χ0v) is 10.9. The summed E-state index contributed by atoms with van der Waals surface area (Å²) in [4.78, 5) is 0. The second kappa shape index (κ2) is 10.8. The first-order valence-corrected chi connectivity index (χ1v) is 6.33. The SMILES string of the molecule is [CH2]C/C=C(C)/C=C(/CCC[CH2])OCCCC. The molecular weight excluding hydrogens is 196 g/mol. The van der Waals surface area contributed by atoms with Crippen LogP contribution in [0, 0.1) is 13.8 Å². The normalized spacial score (nSPS) is 13.0. The van der Waals surface area contributed by atoms with E-state index in [1.165, 1.54) is 12.0 Å². The second-order valence-corrected chi connectivity index (χ2v) is 4.01. The van der Waals surface area contributed by atoms with Crippen LogP contribution in [0.3, 0.4) is 0 Å². The first-order chi connectivity index (χ1) is 7.74. The van der Waals surface area contributed by atoms with E-state index in [0.29, 0.717) is 0 Å². The Morgan fingerprint density at radius 2 is 2.00 bits per heavy atom. The summed E-state index contributed by atoms with van der Waals surface area (Å²) in [5.41, 5.74) is 1.24. The number of rotatable bonds is 9. The van der Waals surface area contributed by atoms with Gasteiger partial charge in [0.1, 0.15) is 0 Å². The van der Waals surface area contributed by atoms with Gasteiger partial charge >= 0.3 is 0 Å². The number of ether oxygens (including phenoxy) is 1. The molecule has 0 N–H and O–H groups in total.